The lowest BCUT2D eigenvalue weighted by Gasteiger charge is -2.12. The monoisotopic (exact) mass is 354 g/mol. The Labute approximate surface area is 150 Å². The number of hydrogen-bond donors (Lipinski definition) is 1. The highest BCUT2D eigenvalue weighted by Crippen LogP contribution is 2.35. The predicted molar refractivity (Wildman–Crippen MR) is 97.7 cm³/mol. The third-order valence-corrected chi connectivity index (χ3v) is 4.62. The fraction of sp³-hybridized carbons (Fsp3) is 0.150. The summed E-state index contributed by atoms with van der Waals surface area (Å²) in [4.78, 5) is 4.69. The highest BCUT2D eigenvalue weighted by Gasteiger charge is 2.22. The molecule has 0 amide bonds. The van der Waals surface area contributed by atoms with Gasteiger partial charge in [0.2, 0.25) is 0 Å². The molecule has 3 aromatic rings. The highest BCUT2D eigenvalue weighted by molar-refractivity contribution is 6.31. The molecule has 3 nitrogen and oxygen atoms in total. The van der Waals surface area contributed by atoms with Crippen LogP contribution in [0.15, 0.2) is 59.9 Å². The molecule has 2 aromatic carbocycles. The molecule has 126 valence electrons. The molecule has 1 aliphatic rings. The maximum absolute atomic E-state index is 14.4. The highest BCUT2D eigenvalue weighted by atomic mass is 35.5. The van der Waals surface area contributed by atoms with Crippen LogP contribution in [-0.2, 0) is 13.1 Å². The number of aliphatic imine (C=N–C) groups is 1. The molecular weight excluding hydrogens is 339 g/mol. The number of aliphatic hydroxyl groups excluding tert-OH is 1. The minimum absolute atomic E-state index is 0.0742. The van der Waals surface area contributed by atoms with Crippen molar-refractivity contribution in [3.8, 4) is 11.1 Å². The van der Waals surface area contributed by atoms with E-state index in [-0.39, 0.29) is 12.4 Å². The molecule has 2 heterocycles. The lowest BCUT2D eigenvalue weighted by Crippen LogP contribution is -2.07. The fourth-order valence-electron chi connectivity index (χ4n) is 3.25. The molecule has 0 bridgehead atoms. The van der Waals surface area contributed by atoms with Gasteiger partial charge in [-0.05, 0) is 35.4 Å². The van der Waals surface area contributed by atoms with Crippen LogP contribution in [0.25, 0.3) is 11.1 Å². The second-order valence-corrected chi connectivity index (χ2v) is 6.43. The minimum atomic E-state index is -0.302. The molecule has 0 atom stereocenters. The van der Waals surface area contributed by atoms with Crippen LogP contribution in [-0.4, -0.2) is 22.0 Å². The van der Waals surface area contributed by atoms with Crippen LogP contribution < -0.4 is 0 Å². The summed E-state index contributed by atoms with van der Waals surface area (Å²) in [5.41, 5.74) is 4.95. The average Bonchev–Trinajstić information content (AvgIpc) is 2.93. The number of hydrogen-bond acceptors (Lipinski definition) is 2. The van der Waals surface area contributed by atoms with E-state index in [2.05, 4.69) is 0 Å². The maximum Gasteiger partial charge on any atom is 0.132 e. The van der Waals surface area contributed by atoms with Gasteiger partial charge in [-0.15, -0.1) is 0 Å². The Balaban J connectivity index is 1.93. The second kappa shape index (κ2) is 6.47. The number of aliphatic hydroxyl groups is 1. The molecule has 0 spiro atoms. The van der Waals surface area contributed by atoms with Crippen molar-refractivity contribution in [3.63, 3.8) is 0 Å². The van der Waals surface area contributed by atoms with Gasteiger partial charge < -0.3 is 9.67 Å². The molecule has 0 radical (unpaired) electrons. The van der Waals surface area contributed by atoms with Gasteiger partial charge in [0.1, 0.15) is 5.82 Å². The smallest absolute Gasteiger partial charge is 0.132 e. The largest absolute Gasteiger partial charge is 0.395 e. The quantitative estimate of drug-likeness (QED) is 0.748. The van der Waals surface area contributed by atoms with Crippen LogP contribution in [0, 0.1) is 5.82 Å². The summed E-state index contributed by atoms with van der Waals surface area (Å²) in [6.45, 7) is 1.05. The SMILES string of the molecule is OCCn1cc2c(c1)-c1ccc(Cl)cc1C(c1ccccc1F)=NC2. The van der Waals surface area contributed by atoms with E-state index in [1.54, 1.807) is 18.2 Å². The summed E-state index contributed by atoms with van der Waals surface area (Å²) in [6.07, 6.45) is 3.98. The summed E-state index contributed by atoms with van der Waals surface area (Å²) in [7, 11) is 0. The lowest BCUT2D eigenvalue weighted by molar-refractivity contribution is 0.276. The van der Waals surface area contributed by atoms with Crippen LogP contribution in [0.4, 0.5) is 4.39 Å². The Morgan fingerprint density at radius 3 is 2.68 bits per heavy atom. The Morgan fingerprint density at radius 2 is 1.88 bits per heavy atom. The maximum atomic E-state index is 14.4. The van der Waals surface area contributed by atoms with Gasteiger partial charge in [-0.1, -0.05) is 29.8 Å². The minimum Gasteiger partial charge on any atom is -0.395 e. The van der Waals surface area contributed by atoms with Crippen molar-refractivity contribution in [3.05, 3.63) is 82.4 Å². The fourth-order valence-corrected chi connectivity index (χ4v) is 3.42. The lowest BCUT2D eigenvalue weighted by atomic mass is 9.94. The summed E-state index contributed by atoms with van der Waals surface area (Å²) in [5.74, 6) is -0.302. The summed E-state index contributed by atoms with van der Waals surface area (Å²) in [5, 5.41) is 9.77. The first-order valence-electron chi connectivity index (χ1n) is 8.06. The van der Waals surface area contributed by atoms with Gasteiger partial charge in [-0.3, -0.25) is 4.99 Å². The topological polar surface area (TPSA) is 37.5 Å². The van der Waals surface area contributed by atoms with Crippen LogP contribution in [0.1, 0.15) is 16.7 Å². The standard InChI is InChI=1S/C20H16ClFN2O/c21-14-5-6-15-17(9-14)20(16-3-1-2-4-19(16)22)23-10-13-11-24(7-8-25)12-18(13)15/h1-6,9,11-12,25H,7-8,10H2. The van der Waals surface area contributed by atoms with Crippen LogP contribution in [0.3, 0.4) is 0 Å². The molecule has 0 saturated heterocycles. The first-order valence-corrected chi connectivity index (χ1v) is 8.44. The van der Waals surface area contributed by atoms with Gasteiger partial charge >= 0.3 is 0 Å². The van der Waals surface area contributed by atoms with Crippen LogP contribution >= 0.6 is 11.6 Å². The van der Waals surface area contributed by atoms with Crippen molar-refractivity contribution in [2.45, 2.75) is 13.1 Å². The molecule has 1 aromatic heterocycles. The Hall–Kier alpha value is -2.43. The first kappa shape index (κ1) is 16.1. The van der Waals surface area contributed by atoms with E-state index in [1.165, 1.54) is 6.07 Å². The summed E-state index contributed by atoms with van der Waals surface area (Å²) >= 11 is 6.22. The number of rotatable bonds is 3. The zero-order chi connectivity index (χ0) is 17.4. The first-order chi connectivity index (χ1) is 12.2. The van der Waals surface area contributed by atoms with Crippen molar-refractivity contribution < 1.29 is 9.50 Å². The van der Waals surface area contributed by atoms with Crippen molar-refractivity contribution in [2.24, 2.45) is 4.99 Å². The van der Waals surface area contributed by atoms with Gasteiger partial charge in [0.15, 0.2) is 0 Å². The van der Waals surface area contributed by atoms with E-state index in [9.17, 15) is 9.50 Å². The number of aromatic nitrogens is 1. The molecule has 4 rings (SSSR count). The molecule has 5 heteroatoms. The van der Waals surface area contributed by atoms with E-state index in [1.807, 2.05) is 35.2 Å². The van der Waals surface area contributed by atoms with E-state index in [0.29, 0.717) is 29.4 Å². The zero-order valence-electron chi connectivity index (χ0n) is 13.4. The van der Waals surface area contributed by atoms with Crippen LogP contribution in [0.2, 0.25) is 5.02 Å². The molecule has 1 N–H and O–H groups in total. The van der Waals surface area contributed by atoms with Gasteiger partial charge in [0.25, 0.3) is 0 Å². The second-order valence-electron chi connectivity index (χ2n) is 5.99. The Morgan fingerprint density at radius 1 is 1.04 bits per heavy atom. The van der Waals surface area contributed by atoms with Crippen molar-refractivity contribution in [2.75, 3.05) is 6.61 Å². The van der Waals surface area contributed by atoms with Crippen molar-refractivity contribution >= 4 is 17.3 Å². The van der Waals surface area contributed by atoms with Gasteiger partial charge in [-0.25, -0.2) is 4.39 Å². The molecular formula is C20H16ClFN2O. The van der Waals surface area contributed by atoms with Crippen molar-refractivity contribution in [1.82, 2.24) is 4.57 Å². The van der Waals surface area contributed by atoms with Crippen LogP contribution in [0.5, 0.6) is 0 Å². The number of halogens is 2. The number of nitrogens with zero attached hydrogens (tertiary/aromatic N) is 2. The third-order valence-electron chi connectivity index (χ3n) is 4.38. The molecule has 0 aliphatic carbocycles. The molecule has 0 saturated carbocycles. The molecule has 25 heavy (non-hydrogen) atoms. The number of benzene rings is 2. The predicted octanol–water partition coefficient (Wildman–Crippen LogP) is 4.29. The molecule has 0 fully saturated rings. The normalized spacial score (nSPS) is 13.0. The third kappa shape index (κ3) is 2.88. The van der Waals surface area contributed by atoms with Gasteiger partial charge in [-0.2, -0.15) is 0 Å². The Kier molecular flexibility index (Phi) is 4.15. The van der Waals surface area contributed by atoms with E-state index in [0.717, 1.165) is 22.3 Å². The summed E-state index contributed by atoms with van der Waals surface area (Å²) < 4.78 is 16.3. The number of fused-ring (bicyclic) bond motifs is 3. The van der Waals surface area contributed by atoms with E-state index >= 15 is 0 Å². The molecule has 1 aliphatic heterocycles. The Bertz CT molecular complexity index is 978. The molecule has 0 unspecified atom stereocenters. The van der Waals surface area contributed by atoms with E-state index < -0.39 is 0 Å². The average molecular weight is 355 g/mol. The van der Waals surface area contributed by atoms with E-state index in [4.69, 9.17) is 16.6 Å². The van der Waals surface area contributed by atoms with Gasteiger partial charge in [0.05, 0.1) is 18.9 Å². The zero-order valence-corrected chi connectivity index (χ0v) is 14.2. The van der Waals surface area contributed by atoms with Gasteiger partial charge in [0, 0.05) is 40.7 Å². The van der Waals surface area contributed by atoms with Crippen molar-refractivity contribution in [1.29, 1.82) is 0 Å². The summed E-state index contributed by atoms with van der Waals surface area (Å²) in [6, 6.07) is 12.3.